The normalized spacial score (nSPS) is 41.7. The van der Waals surface area contributed by atoms with Crippen LogP contribution in [0.5, 0.6) is 0 Å². The van der Waals surface area contributed by atoms with Gasteiger partial charge in [-0.2, -0.15) is 0 Å². The van der Waals surface area contributed by atoms with Gasteiger partial charge in [0.15, 0.2) is 6.10 Å². The Balaban J connectivity index is -0.000000297. The summed E-state index contributed by atoms with van der Waals surface area (Å²) in [4.78, 5) is 10.5. The second-order valence-electron chi connectivity index (χ2n) is 12.1. The molecule has 4 aliphatic rings. The maximum absolute atomic E-state index is 10.5. The molecule has 0 aliphatic carbocycles. The van der Waals surface area contributed by atoms with Crippen LogP contribution in [0.4, 0.5) is 0 Å². The van der Waals surface area contributed by atoms with Gasteiger partial charge >= 0.3 is 5.97 Å². The van der Waals surface area contributed by atoms with Crippen LogP contribution in [0.3, 0.4) is 0 Å². The molecule has 14 N–H and O–H groups in total. The van der Waals surface area contributed by atoms with E-state index in [9.17, 15) is 61.0 Å². The lowest BCUT2D eigenvalue weighted by molar-refractivity contribution is -0.224. The summed E-state index contributed by atoms with van der Waals surface area (Å²) in [6.07, 6.45) is -17.5. The van der Waals surface area contributed by atoms with E-state index in [2.05, 4.69) is 0 Å². The third-order valence-electron chi connectivity index (χ3n) is 8.25. The summed E-state index contributed by atoms with van der Waals surface area (Å²) in [7, 11) is 0. The summed E-state index contributed by atoms with van der Waals surface area (Å²) in [6, 6.07) is 0. The predicted octanol–water partition coefficient (Wildman–Crippen LogP) is -2.35. The van der Waals surface area contributed by atoms with Crippen molar-refractivity contribution in [3.8, 4) is 0 Å². The Morgan fingerprint density at radius 3 is 1.11 bits per heavy atom. The molecule has 19 nitrogen and oxygen atoms in total. The van der Waals surface area contributed by atoms with Gasteiger partial charge in [-0.1, -0.05) is 55.4 Å². The first-order valence-electron chi connectivity index (χ1n) is 19.3. The minimum absolute atomic E-state index is 0.0921. The molecule has 0 spiro atoms. The molecule has 336 valence electrons. The number of rotatable bonds is 3. The molecular formula is C36H78O19. The Labute approximate surface area is 326 Å². The zero-order chi connectivity index (χ0) is 44.5. The molecule has 0 unspecified atom stereocenters. The third-order valence-corrected chi connectivity index (χ3v) is 8.25. The summed E-state index contributed by atoms with van der Waals surface area (Å²) in [5.74, 6) is -1.36. The molecule has 0 saturated carbocycles. The van der Waals surface area contributed by atoms with Crippen molar-refractivity contribution in [2.45, 2.75) is 212 Å². The van der Waals surface area contributed by atoms with Crippen LogP contribution in [0.15, 0.2) is 0 Å². The topological polar surface area (TPSA) is 337 Å². The van der Waals surface area contributed by atoms with E-state index in [0.29, 0.717) is 6.42 Å². The van der Waals surface area contributed by atoms with Crippen LogP contribution in [0.25, 0.3) is 0 Å². The number of hydrogen-bond donors (Lipinski definition) is 14. The molecule has 55 heavy (non-hydrogen) atoms. The molecule has 0 bridgehead atoms. The molecule has 0 amide bonds. The van der Waals surface area contributed by atoms with E-state index < -0.39 is 116 Å². The van der Waals surface area contributed by atoms with Crippen molar-refractivity contribution in [1.29, 1.82) is 0 Å². The van der Waals surface area contributed by atoms with E-state index in [4.69, 9.17) is 34.3 Å². The van der Waals surface area contributed by atoms with Crippen LogP contribution in [0.1, 0.15) is 96.4 Å². The number of carboxylic acid groups (broad SMARTS) is 1. The predicted molar refractivity (Wildman–Crippen MR) is 201 cm³/mol. The van der Waals surface area contributed by atoms with Crippen molar-refractivity contribution in [3.63, 3.8) is 0 Å². The lowest BCUT2D eigenvalue weighted by Crippen LogP contribution is -2.58. The Kier molecular flexibility index (Phi) is 36.0. The highest BCUT2D eigenvalue weighted by Crippen LogP contribution is 2.23. The number of aliphatic hydroxyl groups excluding tert-OH is 13. The van der Waals surface area contributed by atoms with Crippen LogP contribution in [0.2, 0.25) is 0 Å². The Bertz CT molecular complexity index is 875. The first-order chi connectivity index (χ1) is 25.7. The monoisotopic (exact) mass is 815 g/mol. The van der Waals surface area contributed by atoms with Crippen molar-refractivity contribution in [3.05, 3.63) is 0 Å². The van der Waals surface area contributed by atoms with Gasteiger partial charge in [-0.3, -0.25) is 0 Å². The first-order valence-corrected chi connectivity index (χ1v) is 19.3. The molecule has 19 heteroatoms. The zero-order valence-electron chi connectivity index (χ0n) is 34.9. The maximum atomic E-state index is 10.5. The summed E-state index contributed by atoms with van der Waals surface area (Å²) in [6.45, 7) is 23.5. The standard InChI is InChI=1S/C7H12O6.C7H14O5.2C7H14O4.4C2H6/c1-2-3(8)4(9)5(10)6(13-2)7(11)12;1-3-5(9)7(11)6(10)4(2-8)12-3;1-4-2-5(9)7(10)6(3-8)11-4;1-3-5(8)7(10)6(9)4(2)11-3;4*1-2/h2-6,8-10H,1H3,(H,11,12);3-11H,2H2,1H3;4-10H,2-3H2,1H3;3-10H,1-2H3;4*1-2H3/t2-,3-,4+,5-,6-;3-,4+,5-,6+,7+;4-,5+,6+,7-;3-,4-,5-,6-;;;;/m0000..../s1. The fourth-order valence-corrected chi connectivity index (χ4v) is 5.11. The van der Waals surface area contributed by atoms with Crippen LogP contribution in [-0.2, 0) is 23.7 Å². The highest BCUT2D eigenvalue weighted by molar-refractivity contribution is 5.73. The number of ether oxygens (including phenoxy) is 4. The number of hydrogen-bond acceptors (Lipinski definition) is 18. The van der Waals surface area contributed by atoms with Crippen LogP contribution < -0.4 is 0 Å². The number of aliphatic carboxylic acids is 1. The van der Waals surface area contributed by atoms with Crippen LogP contribution >= 0.6 is 0 Å². The average molecular weight is 815 g/mol. The zero-order valence-corrected chi connectivity index (χ0v) is 34.9. The Morgan fingerprint density at radius 2 is 0.745 bits per heavy atom. The molecule has 4 aliphatic heterocycles. The Hall–Kier alpha value is -1.21. The van der Waals surface area contributed by atoms with Gasteiger partial charge in [0.05, 0.1) is 49.8 Å². The summed E-state index contributed by atoms with van der Waals surface area (Å²) in [5, 5.41) is 127. The van der Waals surface area contributed by atoms with Gasteiger partial charge in [-0.15, -0.1) is 0 Å². The van der Waals surface area contributed by atoms with Gasteiger partial charge in [0.2, 0.25) is 0 Å². The van der Waals surface area contributed by atoms with Crippen LogP contribution in [0, 0.1) is 0 Å². The highest BCUT2D eigenvalue weighted by Gasteiger charge is 2.45. The van der Waals surface area contributed by atoms with Gasteiger partial charge < -0.3 is 90.4 Å². The molecule has 0 aromatic heterocycles. The minimum Gasteiger partial charge on any atom is -0.479 e. The molecule has 0 radical (unpaired) electrons. The van der Waals surface area contributed by atoms with Gasteiger partial charge in [-0.25, -0.2) is 4.79 Å². The van der Waals surface area contributed by atoms with Crippen molar-refractivity contribution in [2.24, 2.45) is 0 Å². The fraction of sp³-hybridized carbons (Fsp3) is 0.972. The third kappa shape index (κ3) is 19.9. The molecule has 4 fully saturated rings. The highest BCUT2D eigenvalue weighted by atomic mass is 16.6. The Morgan fingerprint density at radius 1 is 0.436 bits per heavy atom. The first kappa shape index (κ1) is 60.5. The maximum Gasteiger partial charge on any atom is 0.335 e. The molecule has 4 saturated heterocycles. The van der Waals surface area contributed by atoms with Crippen molar-refractivity contribution in [2.75, 3.05) is 13.2 Å². The number of carboxylic acids is 1. The van der Waals surface area contributed by atoms with E-state index in [1.54, 1.807) is 27.7 Å². The lowest BCUT2D eigenvalue weighted by atomic mass is 9.96. The molecule has 4 heterocycles. The second kappa shape index (κ2) is 32.7. The minimum atomic E-state index is -1.59. The van der Waals surface area contributed by atoms with E-state index in [1.165, 1.54) is 6.92 Å². The summed E-state index contributed by atoms with van der Waals surface area (Å²) >= 11 is 0. The molecule has 18 atom stereocenters. The van der Waals surface area contributed by atoms with Crippen molar-refractivity contribution >= 4 is 5.97 Å². The van der Waals surface area contributed by atoms with Crippen molar-refractivity contribution in [1.82, 2.24) is 0 Å². The number of carbonyl (C=O) groups is 1. The smallest absolute Gasteiger partial charge is 0.335 e. The summed E-state index contributed by atoms with van der Waals surface area (Å²) in [5.41, 5.74) is 0. The SMILES string of the molecule is CC.CC.CC.CC.C[C@@H]1O[C@@H](C)[C@H](O)C(O)[C@H]1O.C[C@@H]1O[C@H](C(=O)O)[C@@H](O)[C@H](O)[C@H]1O.C[C@@H]1O[C@H](CO)[C@@H](O)[C@H](O)[C@H]1O.C[C@H]1C[C@@H](O)[C@H](O)[C@@H](CO)O1. The molecule has 0 aromatic carbocycles. The van der Waals surface area contributed by atoms with E-state index in [0.717, 1.165) is 0 Å². The summed E-state index contributed by atoms with van der Waals surface area (Å²) < 4.78 is 20.1. The van der Waals surface area contributed by atoms with Gasteiger partial charge in [0, 0.05) is 6.42 Å². The van der Waals surface area contributed by atoms with Crippen LogP contribution in [-0.4, -0.2) is 207 Å². The largest absolute Gasteiger partial charge is 0.479 e. The van der Waals surface area contributed by atoms with Gasteiger partial charge in [0.1, 0.15) is 73.2 Å². The second-order valence-corrected chi connectivity index (χ2v) is 12.1. The lowest BCUT2D eigenvalue weighted by Gasteiger charge is -2.38. The number of aliphatic hydroxyl groups is 13. The quantitative estimate of drug-likeness (QED) is 0.142. The van der Waals surface area contributed by atoms with E-state index >= 15 is 0 Å². The van der Waals surface area contributed by atoms with Crippen molar-refractivity contribution < 1.29 is 95.2 Å². The van der Waals surface area contributed by atoms with Gasteiger partial charge in [-0.05, 0) is 34.6 Å². The molecule has 4 rings (SSSR count). The fourth-order valence-electron chi connectivity index (χ4n) is 5.11. The van der Waals surface area contributed by atoms with E-state index in [-0.39, 0.29) is 19.3 Å². The molecular weight excluding hydrogens is 736 g/mol. The van der Waals surface area contributed by atoms with E-state index in [1.807, 2.05) is 55.4 Å². The van der Waals surface area contributed by atoms with Gasteiger partial charge in [0.25, 0.3) is 0 Å². The average Bonchev–Trinajstić information content (AvgIpc) is 3.19. The molecule has 0 aromatic rings.